The smallest absolute Gasteiger partial charge is 0.0585 e. The van der Waals surface area contributed by atoms with E-state index < -0.39 is 0 Å². The Balaban J connectivity index is 2.16. The van der Waals surface area contributed by atoms with Crippen LogP contribution in [0.1, 0.15) is 17.5 Å². The minimum absolute atomic E-state index is 0.715. The SMILES string of the molecule is Cc1ccc2c(c1C)N(CCCN)c1cc(Br)ccc1S2. The number of nitrogens with zero attached hydrogens (tertiary/aromatic N) is 1. The summed E-state index contributed by atoms with van der Waals surface area (Å²) in [6.45, 7) is 6.07. The molecule has 1 heterocycles. The maximum atomic E-state index is 5.74. The minimum Gasteiger partial charge on any atom is -0.339 e. The summed E-state index contributed by atoms with van der Waals surface area (Å²) in [5.41, 5.74) is 11.1. The fraction of sp³-hybridized carbons (Fsp3) is 0.294. The molecule has 0 bridgehead atoms. The van der Waals surface area contributed by atoms with E-state index in [1.165, 1.54) is 32.3 Å². The number of fused-ring (bicyclic) bond motifs is 2. The second-order valence-electron chi connectivity index (χ2n) is 5.36. The predicted octanol–water partition coefficient (Wildman–Crippen LogP) is 5.02. The van der Waals surface area contributed by atoms with Crippen molar-refractivity contribution in [3.63, 3.8) is 0 Å². The standard InChI is InChI=1S/C17H19BrN2S/c1-11-4-6-16-17(12(11)2)20(9-3-8-19)14-10-13(18)5-7-15(14)21-16/h4-7,10H,3,8-9,19H2,1-2H3. The molecule has 0 amide bonds. The summed E-state index contributed by atoms with van der Waals surface area (Å²) in [6.07, 6.45) is 0.990. The van der Waals surface area contributed by atoms with E-state index in [0.29, 0.717) is 6.54 Å². The first-order valence-electron chi connectivity index (χ1n) is 7.17. The van der Waals surface area contributed by atoms with Crippen molar-refractivity contribution < 1.29 is 0 Å². The lowest BCUT2D eigenvalue weighted by Crippen LogP contribution is -2.25. The van der Waals surface area contributed by atoms with E-state index in [9.17, 15) is 0 Å². The van der Waals surface area contributed by atoms with Crippen LogP contribution in [0.4, 0.5) is 11.4 Å². The molecule has 0 atom stereocenters. The molecule has 110 valence electrons. The molecule has 0 spiro atoms. The maximum Gasteiger partial charge on any atom is 0.0585 e. The fourth-order valence-corrected chi connectivity index (χ4v) is 4.19. The molecule has 21 heavy (non-hydrogen) atoms. The summed E-state index contributed by atoms with van der Waals surface area (Å²) in [6, 6.07) is 11.0. The number of hydrogen-bond donors (Lipinski definition) is 1. The molecular weight excluding hydrogens is 344 g/mol. The zero-order valence-electron chi connectivity index (χ0n) is 12.3. The van der Waals surface area contributed by atoms with Gasteiger partial charge in [-0.15, -0.1) is 0 Å². The Morgan fingerprint density at radius 2 is 1.90 bits per heavy atom. The van der Waals surface area contributed by atoms with Gasteiger partial charge in [0.15, 0.2) is 0 Å². The Labute approximate surface area is 138 Å². The largest absolute Gasteiger partial charge is 0.339 e. The van der Waals surface area contributed by atoms with Crippen LogP contribution < -0.4 is 10.6 Å². The van der Waals surface area contributed by atoms with Gasteiger partial charge in [0.2, 0.25) is 0 Å². The van der Waals surface area contributed by atoms with Crippen molar-refractivity contribution in [3.05, 3.63) is 45.9 Å². The van der Waals surface area contributed by atoms with Gasteiger partial charge < -0.3 is 10.6 Å². The van der Waals surface area contributed by atoms with Gasteiger partial charge >= 0.3 is 0 Å². The van der Waals surface area contributed by atoms with Crippen molar-refractivity contribution in [2.45, 2.75) is 30.1 Å². The van der Waals surface area contributed by atoms with E-state index in [4.69, 9.17) is 5.73 Å². The van der Waals surface area contributed by atoms with Crippen molar-refractivity contribution in [2.24, 2.45) is 5.73 Å². The van der Waals surface area contributed by atoms with Crippen LogP contribution in [0.15, 0.2) is 44.6 Å². The maximum absolute atomic E-state index is 5.74. The summed E-state index contributed by atoms with van der Waals surface area (Å²) in [7, 11) is 0. The first-order chi connectivity index (χ1) is 10.1. The van der Waals surface area contributed by atoms with Crippen LogP contribution in [-0.2, 0) is 0 Å². The third-order valence-electron chi connectivity index (χ3n) is 3.95. The van der Waals surface area contributed by atoms with Crippen LogP contribution in [-0.4, -0.2) is 13.1 Å². The van der Waals surface area contributed by atoms with Crippen LogP contribution in [0, 0.1) is 13.8 Å². The Morgan fingerprint density at radius 1 is 1.14 bits per heavy atom. The molecule has 2 nitrogen and oxygen atoms in total. The molecule has 3 rings (SSSR count). The molecule has 2 aromatic rings. The summed E-state index contributed by atoms with van der Waals surface area (Å²) >= 11 is 5.46. The Hall–Kier alpha value is -0.970. The van der Waals surface area contributed by atoms with E-state index in [2.05, 4.69) is 65.0 Å². The van der Waals surface area contributed by atoms with E-state index in [-0.39, 0.29) is 0 Å². The van der Waals surface area contributed by atoms with E-state index in [1.54, 1.807) is 0 Å². The normalized spacial score (nSPS) is 13.0. The molecule has 0 unspecified atom stereocenters. The van der Waals surface area contributed by atoms with Crippen molar-refractivity contribution >= 4 is 39.1 Å². The fourth-order valence-electron chi connectivity index (χ4n) is 2.70. The number of nitrogens with two attached hydrogens (primary N) is 1. The van der Waals surface area contributed by atoms with Gasteiger partial charge in [0.1, 0.15) is 0 Å². The summed E-state index contributed by atoms with van der Waals surface area (Å²) in [5.74, 6) is 0. The molecule has 0 saturated carbocycles. The average Bonchev–Trinajstić information content (AvgIpc) is 2.48. The molecule has 0 aromatic heterocycles. The van der Waals surface area contributed by atoms with Crippen LogP contribution >= 0.6 is 27.7 Å². The highest BCUT2D eigenvalue weighted by molar-refractivity contribution is 9.10. The van der Waals surface area contributed by atoms with E-state index in [0.717, 1.165) is 17.4 Å². The van der Waals surface area contributed by atoms with Crippen LogP contribution in [0.25, 0.3) is 0 Å². The summed E-state index contributed by atoms with van der Waals surface area (Å²) in [5, 5.41) is 0. The molecule has 0 radical (unpaired) electrons. The number of aryl methyl sites for hydroxylation is 1. The van der Waals surface area contributed by atoms with Gasteiger partial charge in [-0.25, -0.2) is 0 Å². The number of halogens is 1. The van der Waals surface area contributed by atoms with Crippen LogP contribution in [0.5, 0.6) is 0 Å². The Bertz CT molecular complexity index is 685. The third kappa shape index (κ3) is 2.72. The van der Waals surface area contributed by atoms with Gasteiger partial charge in [0.05, 0.1) is 11.4 Å². The van der Waals surface area contributed by atoms with Crippen molar-refractivity contribution in [1.82, 2.24) is 0 Å². The monoisotopic (exact) mass is 362 g/mol. The summed E-state index contributed by atoms with van der Waals surface area (Å²) in [4.78, 5) is 5.08. The lowest BCUT2D eigenvalue weighted by molar-refractivity contribution is 0.804. The Kier molecular flexibility index (Phi) is 4.29. The lowest BCUT2D eigenvalue weighted by Gasteiger charge is -2.34. The van der Waals surface area contributed by atoms with Gasteiger partial charge in [-0.05, 0) is 62.2 Å². The van der Waals surface area contributed by atoms with E-state index in [1.807, 2.05) is 11.8 Å². The first-order valence-corrected chi connectivity index (χ1v) is 8.78. The third-order valence-corrected chi connectivity index (χ3v) is 5.56. The molecular formula is C17H19BrN2S. The average molecular weight is 363 g/mol. The summed E-state index contributed by atoms with van der Waals surface area (Å²) < 4.78 is 1.12. The highest BCUT2D eigenvalue weighted by Crippen LogP contribution is 2.50. The molecule has 1 aliphatic rings. The van der Waals surface area contributed by atoms with Gasteiger partial charge in [-0.1, -0.05) is 33.8 Å². The van der Waals surface area contributed by atoms with Gasteiger partial charge in [-0.3, -0.25) is 0 Å². The predicted molar refractivity (Wildman–Crippen MR) is 94.9 cm³/mol. The number of rotatable bonds is 3. The van der Waals surface area contributed by atoms with Gasteiger partial charge in [0.25, 0.3) is 0 Å². The second kappa shape index (κ2) is 6.03. The zero-order chi connectivity index (χ0) is 15.0. The van der Waals surface area contributed by atoms with Crippen molar-refractivity contribution in [2.75, 3.05) is 18.0 Å². The molecule has 0 aliphatic carbocycles. The highest BCUT2D eigenvalue weighted by atomic mass is 79.9. The van der Waals surface area contributed by atoms with Crippen LogP contribution in [0.2, 0.25) is 0 Å². The molecule has 0 saturated heterocycles. The van der Waals surface area contributed by atoms with Crippen LogP contribution in [0.3, 0.4) is 0 Å². The first kappa shape index (κ1) is 14.9. The Morgan fingerprint density at radius 3 is 2.67 bits per heavy atom. The topological polar surface area (TPSA) is 29.3 Å². The number of anilines is 2. The number of hydrogen-bond acceptors (Lipinski definition) is 3. The van der Waals surface area contributed by atoms with Crippen molar-refractivity contribution in [3.8, 4) is 0 Å². The molecule has 0 fully saturated rings. The molecule has 2 aromatic carbocycles. The molecule has 4 heteroatoms. The minimum atomic E-state index is 0.715. The zero-order valence-corrected chi connectivity index (χ0v) is 14.7. The van der Waals surface area contributed by atoms with E-state index >= 15 is 0 Å². The van der Waals surface area contributed by atoms with Gasteiger partial charge in [0, 0.05) is 20.8 Å². The quantitative estimate of drug-likeness (QED) is 0.831. The second-order valence-corrected chi connectivity index (χ2v) is 7.36. The lowest BCUT2D eigenvalue weighted by atomic mass is 10.1. The van der Waals surface area contributed by atoms with Gasteiger partial charge in [-0.2, -0.15) is 0 Å². The molecule has 2 N–H and O–H groups in total. The highest BCUT2D eigenvalue weighted by Gasteiger charge is 2.25. The number of benzene rings is 2. The molecule has 1 aliphatic heterocycles. The van der Waals surface area contributed by atoms with Crippen molar-refractivity contribution in [1.29, 1.82) is 0 Å².